The molecule has 0 amide bonds. The van der Waals surface area contributed by atoms with Gasteiger partial charge < -0.3 is 4.90 Å². The molecule has 1 nitrogen and oxygen atoms in total. The Morgan fingerprint density at radius 1 is 0.320 bits per heavy atom. The van der Waals surface area contributed by atoms with Gasteiger partial charge in [0.25, 0.3) is 0 Å². The standard InChI is InChI=1S/C48H49NS/c1-6-16-38(17-7-1)40-26-30-42(31-27-40)49(43-32-28-41(29-33-43)39-18-8-2-9-19-39)44-34-36-48(37-35-44)50(45-20-10-3-11-21-45,46-22-12-4-13-23-46)47-24-14-5-15-25-47/h3-5,10-15,20-39H,1-2,6-9,16-19H2. The lowest BCUT2D eigenvalue weighted by molar-refractivity contribution is 0.443. The first kappa shape index (κ1) is 32.7. The molecule has 2 aliphatic carbocycles. The van der Waals surface area contributed by atoms with Gasteiger partial charge in [0.05, 0.1) is 0 Å². The average Bonchev–Trinajstić information content (AvgIpc) is 3.21. The van der Waals surface area contributed by atoms with Gasteiger partial charge in [0.15, 0.2) is 0 Å². The second kappa shape index (κ2) is 15.2. The van der Waals surface area contributed by atoms with Crippen LogP contribution in [0.3, 0.4) is 0 Å². The Morgan fingerprint density at radius 2 is 0.620 bits per heavy atom. The molecule has 0 unspecified atom stereocenters. The normalized spacial score (nSPS) is 16.2. The van der Waals surface area contributed by atoms with E-state index in [4.69, 9.17) is 0 Å². The summed E-state index contributed by atoms with van der Waals surface area (Å²) < 4.78 is 0. The van der Waals surface area contributed by atoms with E-state index in [1.807, 2.05) is 0 Å². The molecule has 8 rings (SSSR count). The third kappa shape index (κ3) is 6.54. The van der Waals surface area contributed by atoms with Crippen LogP contribution in [0.2, 0.25) is 0 Å². The molecule has 0 saturated heterocycles. The van der Waals surface area contributed by atoms with Crippen molar-refractivity contribution in [2.45, 2.75) is 95.6 Å². The van der Waals surface area contributed by atoms with Crippen LogP contribution in [0.1, 0.15) is 87.2 Å². The van der Waals surface area contributed by atoms with Crippen LogP contribution in [0.5, 0.6) is 0 Å². The van der Waals surface area contributed by atoms with Gasteiger partial charge in [-0.05, 0) is 134 Å². The molecule has 2 heteroatoms. The zero-order valence-corrected chi connectivity index (χ0v) is 30.0. The van der Waals surface area contributed by atoms with Crippen LogP contribution >= 0.6 is 10.0 Å². The summed E-state index contributed by atoms with van der Waals surface area (Å²) in [6.07, 6.45) is 13.5. The maximum Gasteiger partial charge on any atom is 0.0462 e. The molecule has 0 N–H and O–H groups in total. The quantitative estimate of drug-likeness (QED) is 0.148. The maximum absolute atomic E-state index is 2.46. The molecule has 0 atom stereocenters. The number of rotatable bonds is 9. The predicted molar refractivity (Wildman–Crippen MR) is 213 cm³/mol. The Labute approximate surface area is 301 Å². The number of hydrogen-bond acceptors (Lipinski definition) is 1. The summed E-state index contributed by atoms with van der Waals surface area (Å²) >= 11 is 0. The van der Waals surface area contributed by atoms with E-state index in [1.165, 1.54) is 112 Å². The van der Waals surface area contributed by atoms with E-state index in [1.54, 1.807) is 0 Å². The fraction of sp³-hybridized carbons (Fsp3) is 0.250. The van der Waals surface area contributed by atoms with Crippen LogP contribution in [0.25, 0.3) is 0 Å². The van der Waals surface area contributed by atoms with Gasteiger partial charge in [0, 0.05) is 36.6 Å². The zero-order valence-electron chi connectivity index (χ0n) is 29.2. The predicted octanol–water partition coefficient (Wildman–Crippen LogP) is 14.6. The first-order valence-electron chi connectivity index (χ1n) is 18.9. The Morgan fingerprint density at radius 3 is 0.960 bits per heavy atom. The Kier molecular flexibility index (Phi) is 9.90. The largest absolute Gasteiger partial charge is 0.311 e. The highest BCUT2D eigenvalue weighted by molar-refractivity contribution is 8.34. The third-order valence-corrected chi connectivity index (χ3v) is 15.1. The van der Waals surface area contributed by atoms with Gasteiger partial charge in [-0.2, -0.15) is 0 Å². The van der Waals surface area contributed by atoms with Crippen molar-refractivity contribution in [3.05, 3.63) is 175 Å². The highest BCUT2D eigenvalue weighted by atomic mass is 32.3. The van der Waals surface area contributed by atoms with Crippen LogP contribution in [-0.4, -0.2) is 0 Å². The first-order valence-corrected chi connectivity index (χ1v) is 20.5. The smallest absolute Gasteiger partial charge is 0.0462 e. The average molecular weight is 672 g/mol. The van der Waals surface area contributed by atoms with Crippen molar-refractivity contribution < 1.29 is 0 Å². The monoisotopic (exact) mass is 671 g/mol. The molecule has 2 fully saturated rings. The van der Waals surface area contributed by atoms with E-state index in [9.17, 15) is 0 Å². The number of hydrogen-bond donors (Lipinski definition) is 0. The Balaban J connectivity index is 1.23. The minimum Gasteiger partial charge on any atom is -0.311 e. The molecule has 2 saturated carbocycles. The van der Waals surface area contributed by atoms with Crippen molar-refractivity contribution in [1.82, 2.24) is 0 Å². The van der Waals surface area contributed by atoms with Crippen LogP contribution in [0, 0.1) is 0 Å². The molecular weight excluding hydrogens is 623 g/mol. The Bertz CT molecular complexity index is 1760. The molecule has 50 heavy (non-hydrogen) atoms. The van der Waals surface area contributed by atoms with Crippen LogP contribution in [0.4, 0.5) is 17.1 Å². The van der Waals surface area contributed by atoms with Crippen LogP contribution in [-0.2, 0) is 0 Å². The van der Waals surface area contributed by atoms with E-state index in [0.717, 1.165) is 0 Å². The molecular formula is C48H49NS. The molecule has 0 aromatic heterocycles. The highest BCUT2D eigenvalue weighted by Gasteiger charge is 2.33. The summed E-state index contributed by atoms with van der Waals surface area (Å²) in [4.78, 5) is 7.84. The highest BCUT2D eigenvalue weighted by Crippen LogP contribution is 2.73. The fourth-order valence-corrected chi connectivity index (χ4v) is 12.5. The number of anilines is 3. The lowest BCUT2D eigenvalue weighted by Crippen LogP contribution is -2.12. The van der Waals surface area contributed by atoms with Crippen molar-refractivity contribution in [3.63, 3.8) is 0 Å². The molecule has 0 aliphatic heterocycles. The van der Waals surface area contributed by atoms with E-state index in [0.29, 0.717) is 11.8 Å². The van der Waals surface area contributed by atoms with E-state index in [2.05, 4.69) is 169 Å². The van der Waals surface area contributed by atoms with E-state index in [-0.39, 0.29) is 0 Å². The zero-order chi connectivity index (χ0) is 33.6. The minimum absolute atomic E-state index is 0.699. The molecule has 0 radical (unpaired) electrons. The van der Waals surface area contributed by atoms with Crippen LogP contribution in [0.15, 0.2) is 183 Å². The molecule has 252 valence electrons. The minimum atomic E-state index is -1.74. The van der Waals surface area contributed by atoms with Gasteiger partial charge in [0.1, 0.15) is 0 Å². The van der Waals surface area contributed by atoms with Gasteiger partial charge in [-0.1, -0.05) is 117 Å². The molecule has 2 aliphatic rings. The molecule has 6 aromatic carbocycles. The summed E-state index contributed by atoms with van der Waals surface area (Å²) in [5.74, 6) is 1.40. The number of nitrogens with zero attached hydrogens (tertiary/aromatic N) is 1. The fourth-order valence-electron chi connectivity index (χ4n) is 8.60. The molecule has 6 aromatic rings. The lowest BCUT2D eigenvalue weighted by Gasteiger charge is -2.42. The van der Waals surface area contributed by atoms with Crippen molar-refractivity contribution in [2.24, 2.45) is 0 Å². The number of benzene rings is 6. The van der Waals surface area contributed by atoms with Crippen molar-refractivity contribution in [1.29, 1.82) is 0 Å². The summed E-state index contributed by atoms with van der Waals surface area (Å²) in [7, 11) is -1.74. The van der Waals surface area contributed by atoms with E-state index < -0.39 is 10.0 Å². The summed E-state index contributed by atoms with van der Waals surface area (Å²) in [5, 5.41) is 0. The second-order valence-corrected chi connectivity index (χ2v) is 17.3. The van der Waals surface area contributed by atoms with E-state index >= 15 is 0 Å². The molecule has 0 heterocycles. The Hall–Kier alpha value is -4.53. The van der Waals surface area contributed by atoms with Crippen molar-refractivity contribution in [2.75, 3.05) is 4.90 Å². The topological polar surface area (TPSA) is 3.24 Å². The summed E-state index contributed by atoms with van der Waals surface area (Å²) in [5.41, 5.74) is 6.62. The summed E-state index contributed by atoms with van der Waals surface area (Å²) in [6.45, 7) is 0. The second-order valence-electron chi connectivity index (χ2n) is 14.2. The first-order chi connectivity index (χ1) is 24.8. The maximum atomic E-state index is 2.46. The van der Waals surface area contributed by atoms with Crippen molar-refractivity contribution >= 4 is 27.1 Å². The van der Waals surface area contributed by atoms with Gasteiger partial charge >= 0.3 is 0 Å². The van der Waals surface area contributed by atoms with Gasteiger partial charge in [-0.3, -0.25) is 0 Å². The SMILES string of the molecule is c1ccc(S(c2ccccc2)(c2ccccc2)c2ccc(N(c3ccc(C4CCCCC4)cc3)c3ccc(C4CCCCC4)cc3)cc2)cc1. The van der Waals surface area contributed by atoms with Gasteiger partial charge in [0.2, 0.25) is 0 Å². The van der Waals surface area contributed by atoms with Crippen molar-refractivity contribution in [3.8, 4) is 0 Å². The van der Waals surface area contributed by atoms with Gasteiger partial charge in [-0.25, -0.2) is 0 Å². The molecule has 0 bridgehead atoms. The van der Waals surface area contributed by atoms with Gasteiger partial charge in [-0.15, -0.1) is 10.0 Å². The lowest BCUT2D eigenvalue weighted by atomic mass is 9.84. The molecule has 0 spiro atoms. The third-order valence-electron chi connectivity index (χ3n) is 11.2. The summed E-state index contributed by atoms with van der Waals surface area (Å²) in [6, 6.07) is 62.0. The van der Waals surface area contributed by atoms with Crippen LogP contribution < -0.4 is 4.90 Å².